The van der Waals surface area contributed by atoms with Gasteiger partial charge in [0.1, 0.15) is 18.0 Å². The van der Waals surface area contributed by atoms with E-state index in [-0.39, 0.29) is 0 Å². The maximum Gasteiger partial charge on any atom is 0.135 e. The average molecular weight is 327 g/mol. The molecule has 2 heterocycles. The SMILES string of the molecule is Cc1cccc(Nc2cc(NCCN3CCOCC3)ncn2)c1C. The van der Waals surface area contributed by atoms with E-state index in [2.05, 4.69) is 51.5 Å². The van der Waals surface area contributed by atoms with Crippen molar-refractivity contribution in [3.05, 3.63) is 41.7 Å². The summed E-state index contributed by atoms with van der Waals surface area (Å²) < 4.78 is 5.36. The molecule has 0 bridgehead atoms. The molecule has 1 aliphatic rings. The fraction of sp³-hybridized carbons (Fsp3) is 0.444. The minimum atomic E-state index is 0.799. The zero-order valence-corrected chi connectivity index (χ0v) is 14.4. The molecule has 0 saturated carbocycles. The van der Waals surface area contributed by atoms with Gasteiger partial charge in [-0.15, -0.1) is 0 Å². The van der Waals surface area contributed by atoms with Crippen LogP contribution >= 0.6 is 0 Å². The number of morpholine rings is 1. The molecule has 0 atom stereocenters. The topological polar surface area (TPSA) is 62.3 Å². The van der Waals surface area contributed by atoms with Crippen LogP contribution in [0.15, 0.2) is 30.6 Å². The lowest BCUT2D eigenvalue weighted by Gasteiger charge is -2.26. The van der Waals surface area contributed by atoms with Crippen molar-refractivity contribution in [2.75, 3.05) is 50.0 Å². The summed E-state index contributed by atoms with van der Waals surface area (Å²) in [6.07, 6.45) is 1.59. The van der Waals surface area contributed by atoms with Gasteiger partial charge in [0.25, 0.3) is 0 Å². The predicted octanol–water partition coefficient (Wildman–Crippen LogP) is 2.58. The molecule has 0 aliphatic carbocycles. The molecule has 24 heavy (non-hydrogen) atoms. The third-order valence-corrected chi connectivity index (χ3v) is 4.37. The molecular formula is C18H25N5O. The van der Waals surface area contributed by atoms with Gasteiger partial charge in [0.2, 0.25) is 0 Å². The molecule has 0 amide bonds. The Morgan fingerprint density at radius 3 is 2.75 bits per heavy atom. The van der Waals surface area contributed by atoms with Gasteiger partial charge in [-0.1, -0.05) is 12.1 Å². The molecule has 2 aromatic rings. The molecule has 128 valence electrons. The third-order valence-electron chi connectivity index (χ3n) is 4.37. The van der Waals surface area contributed by atoms with Crippen LogP contribution in [0.2, 0.25) is 0 Å². The first-order valence-electron chi connectivity index (χ1n) is 8.41. The number of anilines is 3. The highest BCUT2D eigenvalue weighted by Gasteiger charge is 2.09. The van der Waals surface area contributed by atoms with Crippen LogP contribution in [0.25, 0.3) is 0 Å². The van der Waals surface area contributed by atoms with Crippen molar-refractivity contribution in [3.8, 4) is 0 Å². The van der Waals surface area contributed by atoms with Crippen molar-refractivity contribution in [3.63, 3.8) is 0 Å². The van der Waals surface area contributed by atoms with Crippen LogP contribution in [0.3, 0.4) is 0 Å². The fourth-order valence-electron chi connectivity index (χ4n) is 2.71. The van der Waals surface area contributed by atoms with Gasteiger partial charge < -0.3 is 15.4 Å². The van der Waals surface area contributed by atoms with E-state index < -0.39 is 0 Å². The number of ether oxygens (including phenoxy) is 1. The highest BCUT2D eigenvalue weighted by Crippen LogP contribution is 2.22. The van der Waals surface area contributed by atoms with E-state index in [1.54, 1.807) is 6.33 Å². The molecule has 1 aromatic heterocycles. The van der Waals surface area contributed by atoms with Gasteiger partial charge >= 0.3 is 0 Å². The fourth-order valence-corrected chi connectivity index (χ4v) is 2.71. The summed E-state index contributed by atoms with van der Waals surface area (Å²) in [5.41, 5.74) is 3.57. The summed E-state index contributed by atoms with van der Waals surface area (Å²) in [5.74, 6) is 1.64. The van der Waals surface area contributed by atoms with Crippen LogP contribution in [-0.4, -0.2) is 54.3 Å². The van der Waals surface area contributed by atoms with Crippen LogP contribution in [0.5, 0.6) is 0 Å². The Morgan fingerprint density at radius 2 is 1.92 bits per heavy atom. The van der Waals surface area contributed by atoms with E-state index in [0.717, 1.165) is 56.7 Å². The highest BCUT2D eigenvalue weighted by molar-refractivity contribution is 5.63. The second-order valence-electron chi connectivity index (χ2n) is 6.04. The number of benzene rings is 1. The van der Waals surface area contributed by atoms with Crippen molar-refractivity contribution in [2.45, 2.75) is 13.8 Å². The van der Waals surface area contributed by atoms with Crippen LogP contribution in [0.1, 0.15) is 11.1 Å². The van der Waals surface area contributed by atoms with Crippen molar-refractivity contribution in [2.24, 2.45) is 0 Å². The largest absolute Gasteiger partial charge is 0.379 e. The molecule has 0 radical (unpaired) electrons. The number of rotatable bonds is 6. The maximum absolute atomic E-state index is 5.36. The van der Waals surface area contributed by atoms with E-state index in [1.807, 2.05) is 12.1 Å². The van der Waals surface area contributed by atoms with E-state index in [1.165, 1.54) is 11.1 Å². The molecule has 0 spiro atoms. The van der Waals surface area contributed by atoms with E-state index in [0.29, 0.717) is 0 Å². The Hall–Kier alpha value is -2.18. The summed E-state index contributed by atoms with van der Waals surface area (Å²) in [7, 11) is 0. The molecule has 0 unspecified atom stereocenters. The molecular weight excluding hydrogens is 302 g/mol. The van der Waals surface area contributed by atoms with Gasteiger partial charge in [0.05, 0.1) is 13.2 Å². The molecule has 1 saturated heterocycles. The molecule has 1 aliphatic heterocycles. The van der Waals surface area contributed by atoms with Crippen LogP contribution in [0, 0.1) is 13.8 Å². The van der Waals surface area contributed by atoms with Gasteiger partial charge in [-0.25, -0.2) is 9.97 Å². The standard InChI is InChI=1S/C18H25N5O/c1-14-4-3-5-16(15(14)2)22-18-12-17(20-13-21-18)19-6-7-23-8-10-24-11-9-23/h3-5,12-13H,6-11H2,1-2H3,(H2,19,20,21,22). The van der Waals surface area contributed by atoms with E-state index >= 15 is 0 Å². The number of aryl methyl sites for hydroxylation is 1. The highest BCUT2D eigenvalue weighted by atomic mass is 16.5. The van der Waals surface area contributed by atoms with E-state index in [4.69, 9.17) is 4.74 Å². The zero-order chi connectivity index (χ0) is 16.8. The minimum absolute atomic E-state index is 0.799. The number of aromatic nitrogens is 2. The van der Waals surface area contributed by atoms with E-state index in [9.17, 15) is 0 Å². The number of nitrogens with one attached hydrogen (secondary N) is 2. The summed E-state index contributed by atoms with van der Waals surface area (Å²) in [5, 5.41) is 6.75. The Bertz CT molecular complexity index is 670. The maximum atomic E-state index is 5.36. The summed E-state index contributed by atoms with van der Waals surface area (Å²) >= 11 is 0. The first kappa shape index (κ1) is 16.7. The lowest BCUT2D eigenvalue weighted by Crippen LogP contribution is -2.39. The quantitative estimate of drug-likeness (QED) is 0.850. The molecule has 6 nitrogen and oxygen atoms in total. The summed E-state index contributed by atoms with van der Waals surface area (Å²) in [6, 6.07) is 8.17. The van der Waals surface area contributed by atoms with Gasteiger partial charge in [-0.05, 0) is 31.0 Å². The van der Waals surface area contributed by atoms with Crippen LogP contribution < -0.4 is 10.6 Å². The smallest absolute Gasteiger partial charge is 0.135 e. The molecule has 1 aromatic carbocycles. The minimum Gasteiger partial charge on any atom is -0.379 e. The zero-order valence-electron chi connectivity index (χ0n) is 14.4. The number of hydrogen-bond donors (Lipinski definition) is 2. The van der Waals surface area contributed by atoms with Crippen molar-refractivity contribution in [1.29, 1.82) is 0 Å². The van der Waals surface area contributed by atoms with Crippen LogP contribution in [-0.2, 0) is 4.74 Å². The summed E-state index contributed by atoms with van der Waals surface area (Å²) in [4.78, 5) is 11.0. The third kappa shape index (κ3) is 4.43. The number of nitrogens with zero attached hydrogens (tertiary/aromatic N) is 3. The van der Waals surface area contributed by atoms with Crippen LogP contribution in [0.4, 0.5) is 17.3 Å². The van der Waals surface area contributed by atoms with Crippen molar-refractivity contribution < 1.29 is 4.74 Å². The lowest BCUT2D eigenvalue weighted by atomic mass is 10.1. The van der Waals surface area contributed by atoms with Crippen molar-refractivity contribution >= 4 is 17.3 Å². The Morgan fingerprint density at radius 1 is 1.12 bits per heavy atom. The summed E-state index contributed by atoms with van der Waals surface area (Å²) in [6.45, 7) is 9.75. The molecule has 2 N–H and O–H groups in total. The second-order valence-corrected chi connectivity index (χ2v) is 6.04. The normalized spacial score (nSPS) is 15.2. The Labute approximate surface area is 143 Å². The second kappa shape index (κ2) is 8.08. The Balaban J connectivity index is 1.56. The van der Waals surface area contributed by atoms with Gasteiger partial charge in [-0.3, -0.25) is 4.90 Å². The lowest BCUT2D eigenvalue weighted by molar-refractivity contribution is 0.0398. The predicted molar refractivity (Wildman–Crippen MR) is 97.0 cm³/mol. The van der Waals surface area contributed by atoms with Gasteiger partial charge in [0.15, 0.2) is 0 Å². The van der Waals surface area contributed by atoms with Gasteiger partial charge in [0, 0.05) is 37.9 Å². The monoisotopic (exact) mass is 327 g/mol. The number of hydrogen-bond acceptors (Lipinski definition) is 6. The average Bonchev–Trinajstić information content (AvgIpc) is 2.60. The van der Waals surface area contributed by atoms with Crippen molar-refractivity contribution in [1.82, 2.24) is 14.9 Å². The van der Waals surface area contributed by atoms with Gasteiger partial charge in [-0.2, -0.15) is 0 Å². The molecule has 6 heteroatoms. The Kier molecular flexibility index (Phi) is 5.61. The molecule has 3 rings (SSSR count). The molecule has 1 fully saturated rings. The first-order chi connectivity index (χ1) is 11.7. The first-order valence-corrected chi connectivity index (χ1v) is 8.41.